The van der Waals surface area contributed by atoms with Crippen LogP contribution in [-0.2, 0) is 4.74 Å². The van der Waals surface area contributed by atoms with Gasteiger partial charge in [0.05, 0.1) is 18.3 Å². The van der Waals surface area contributed by atoms with Gasteiger partial charge in [-0.05, 0) is 13.0 Å². The third-order valence-corrected chi connectivity index (χ3v) is 3.30. The van der Waals surface area contributed by atoms with Gasteiger partial charge in [0.1, 0.15) is 12.0 Å². The molecule has 2 rings (SSSR count). The second kappa shape index (κ2) is 5.01. The van der Waals surface area contributed by atoms with Crippen molar-refractivity contribution in [3.05, 3.63) is 23.7 Å². The number of halogens is 1. The Bertz CT molecular complexity index is 377. The number of rotatable bonds is 2. The van der Waals surface area contributed by atoms with Crippen molar-refractivity contribution >= 4 is 21.8 Å². The number of morpholine rings is 1. The Balaban J connectivity index is 2.04. The van der Waals surface area contributed by atoms with E-state index in [4.69, 9.17) is 9.15 Å². The van der Waals surface area contributed by atoms with Gasteiger partial charge in [-0.2, -0.15) is 0 Å². The summed E-state index contributed by atoms with van der Waals surface area (Å²) in [7, 11) is 0. The molecule has 1 fully saturated rings. The van der Waals surface area contributed by atoms with E-state index in [1.165, 1.54) is 6.26 Å². The predicted molar refractivity (Wildman–Crippen MR) is 62.9 cm³/mol. The number of hydrogen-bond acceptors (Lipinski definition) is 3. The monoisotopic (exact) mass is 287 g/mol. The maximum atomic E-state index is 12.1. The second-order valence-electron chi connectivity index (χ2n) is 3.84. The lowest BCUT2D eigenvalue weighted by Crippen LogP contribution is -2.46. The molecular formula is C11H14BrNO3. The van der Waals surface area contributed by atoms with E-state index in [0.29, 0.717) is 25.3 Å². The van der Waals surface area contributed by atoms with Crippen LogP contribution in [0.3, 0.4) is 0 Å². The number of aryl methyl sites for hydroxylation is 1. The summed E-state index contributed by atoms with van der Waals surface area (Å²) in [6.45, 7) is 3.71. The highest BCUT2D eigenvalue weighted by Gasteiger charge is 2.25. The smallest absolute Gasteiger partial charge is 0.257 e. The van der Waals surface area contributed by atoms with Crippen LogP contribution in [0.4, 0.5) is 0 Å². The zero-order valence-electron chi connectivity index (χ0n) is 9.11. The summed E-state index contributed by atoms with van der Waals surface area (Å²) >= 11 is 3.37. The Kier molecular flexibility index (Phi) is 3.66. The number of hydrogen-bond donors (Lipinski definition) is 0. The van der Waals surface area contributed by atoms with Gasteiger partial charge in [-0.1, -0.05) is 15.9 Å². The van der Waals surface area contributed by atoms with Gasteiger partial charge in [-0.25, -0.2) is 0 Å². The van der Waals surface area contributed by atoms with E-state index >= 15 is 0 Å². The van der Waals surface area contributed by atoms with E-state index in [1.807, 2.05) is 6.92 Å². The van der Waals surface area contributed by atoms with Crippen LogP contribution in [0.5, 0.6) is 0 Å². The molecule has 0 bridgehead atoms. The van der Waals surface area contributed by atoms with Gasteiger partial charge < -0.3 is 14.1 Å². The van der Waals surface area contributed by atoms with E-state index in [9.17, 15) is 4.79 Å². The zero-order valence-corrected chi connectivity index (χ0v) is 10.7. The summed E-state index contributed by atoms with van der Waals surface area (Å²) in [5, 5.41) is 0.751. The molecule has 0 N–H and O–H groups in total. The van der Waals surface area contributed by atoms with Gasteiger partial charge in [0.15, 0.2) is 0 Å². The number of amides is 1. The molecule has 2 heterocycles. The molecule has 1 amide bonds. The molecule has 0 aliphatic carbocycles. The maximum Gasteiger partial charge on any atom is 0.257 e. The summed E-state index contributed by atoms with van der Waals surface area (Å²) in [5.41, 5.74) is 0.618. The average Bonchev–Trinajstić information content (AvgIpc) is 2.75. The van der Waals surface area contributed by atoms with Gasteiger partial charge in [0.2, 0.25) is 0 Å². The topological polar surface area (TPSA) is 42.7 Å². The normalized spacial score (nSPS) is 21.1. The molecule has 0 aromatic carbocycles. The van der Waals surface area contributed by atoms with Crippen molar-refractivity contribution in [3.8, 4) is 0 Å². The van der Waals surface area contributed by atoms with Crippen molar-refractivity contribution in [1.29, 1.82) is 0 Å². The fourth-order valence-corrected chi connectivity index (χ4v) is 2.13. The molecule has 16 heavy (non-hydrogen) atoms. The molecule has 1 saturated heterocycles. The average molecular weight is 288 g/mol. The van der Waals surface area contributed by atoms with Gasteiger partial charge in [0, 0.05) is 18.4 Å². The van der Waals surface area contributed by atoms with E-state index in [1.54, 1.807) is 11.0 Å². The molecule has 0 spiro atoms. The van der Waals surface area contributed by atoms with Crippen molar-refractivity contribution in [2.75, 3.05) is 25.0 Å². The van der Waals surface area contributed by atoms with Crippen molar-refractivity contribution in [2.24, 2.45) is 0 Å². The Morgan fingerprint density at radius 1 is 1.69 bits per heavy atom. The summed E-state index contributed by atoms with van der Waals surface area (Å²) in [5.74, 6) is 0.778. The van der Waals surface area contributed by atoms with Gasteiger partial charge in [-0.15, -0.1) is 0 Å². The summed E-state index contributed by atoms with van der Waals surface area (Å²) in [4.78, 5) is 13.9. The summed E-state index contributed by atoms with van der Waals surface area (Å²) in [6, 6.07) is 1.76. The molecular weight excluding hydrogens is 274 g/mol. The highest BCUT2D eigenvalue weighted by Crippen LogP contribution is 2.14. The van der Waals surface area contributed by atoms with Crippen molar-refractivity contribution in [2.45, 2.75) is 13.0 Å². The highest BCUT2D eigenvalue weighted by atomic mass is 79.9. The fourth-order valence-electron chi connectivity index (χ4n) is 1.74. The standard InChI is InChI=1S/C11H14BrNO3/c1-8-4-9(7-16-8)11(14)13-2-3-15-10(5-12)6-13/h4,7,10H,2-3,5-6H2,1H3. The Morgan fingerprint density at radius 2 is 2.50 bits per heavy atom. The SMILES string of the molecule is Cc1cc(C(=O)N2CCOC(CBr)C2)co1. The predicted octanol–water partition coefficient (Wildman–Crippen LogP) is 1.82. The Morgan fingerprint density at radius 3 is 3.12 bits per heavy atom. The van der Waals surface area contributed by atoms with Crippen molar-refractivity contribution < 1.29 is 13.9 Å². The number of furan rings is 1. The van der Waals surface area contributed by atoms with Crippen LogP contribution in [0.15, 0.2) is 16.7 Å². The van der Waals surface area contributed by atoms with E-state index < -0.39 is 0 Å². The third kappa shape index (κ3) is 2.47. The van der Waals surface area contributed by atoms with Crippen LogP contribution in [0.1, 0.15) is 16.1 Å². The molecule has 1 aromatic heterocycles. The third-order valence-electron chi connectivity index (χ3n) is 2.58. The van der Waals surface area contributed by atoms with Crippen molar-refractivity contribution in [1.82, 2.24) is 4.90 Å². The molecule has 1 aromatic rings. The van der Waals surface area contributed by atoms with Crippen LogP contribution in [0.25, 0.3) is 0 Å². The molecule has 1 unspecified atom stereocenters. The fraction of sp³-hybridized carbons (Fsp3) is 0.545. The van der Waals surface area contributed by atoms with Crippen LogP contribution in [0.2, 0.25) is 0 Å². The van der Waals surface area contributed by atoms with E-state index in [2.05, 4.69) is 15.9 Å². The zero-order chi connectivity index (χ0) is 11.5. The molecule has 1 atom stereocenters. The van der Waals surface area contributed by atoms with Gasteiger partial charge >= 0.3 is 0 Å². The van der Waals surface area contributed by atoms with Gasteiger partial charge in [-0.3, -0.25) is 4.79 Å². The van der Waals surface area contributed by atoms with Crippen LogP contribution in [0, 0.1) is 6.92 Å². The minimum absolute atomic E-state index is 0.0195. The molecule has 1 aliphatic rings. The quantitative estimate of drug-likeness (QED) is 0.780. The molecule has 5 heteroatoms. The number of carbonyl (C=O) groups is 1. The lowest BCUT2D eigenvalue weighted by molar-refractivity contribution is -0.00967. The molecule has 88 valence electrons. The molecule has 0 radical (unpaired) electrons. The van der Waals surface area contributed by atoms with Gasteiger partial charge in [0.25, 0.3) is 5.91 Å². The first-order valence-electron chi connectivity index (χ1n) is 5.22. The maximum absolute atomic E-state index is 12.1. The molecule has 0 saturated carbocycles. The molecule has 1 aliphatic heterocycles. The second-order valence-corrected chi connectivity index (χ2v) is 4.49. The van der Waals surface area contributed by atoms with Crippen molar-refractivity contribution in [3.63, 3.8) is 0 Å². The molecule has 4 nitrogen and oxygen atoms in total. The van der Waals surface area contributed by atoms with Crippen LogP contribution < -0.4 is 0 Å². The lowest BCUT2D eigenvalue weighted by atomic mass is 10.2. The largest absolute Gasteiger partial charge is 0.469 e. The minimum Gasteiger partial charge on any atom is -0.469 e. The lowest BCUT2D eigenvalue weighted by Gasteiger charge is -2.31. The van der Waals surface area contributed by atoms with E-state index in [0.717, 1.165) is 11.1 Å². The summed E-state index contributed by atoms with van der Waals surface area (Å²) < 4.78 is 10.6. The Labute approximate surface area is 103 Å². The number of nitrogens with zero attached hydrogens (tertiary/aromatic N) is 1. The summed E-state index contributed by atoms with van der Waals surface area (Å²) in [6.07, 6.45) is 1.60. The number of carbonyl (C=O) groups excluding carboxylic acids is 1. The number of alkyl halides is 1. The Hall–Kier alpha value is -0.810. The minimum atomic E-state index is 0.0195. The van der Waals surface area contributed by atoms with Crippen LogP contribution >= 0.6 is 15.9 Å². The number of ether oxygens (including phenoxy) is 1. The first-order chi connectivity index (χ1) is 7.70. The highest BCUT2D eigenvalue weighted by molar-refractivity contribution is 9.09. The van der Waals surface area contributed by atoms with E-state index in [-0.39, 0.29) is 12.0 Å². The first kappa shape index (κ1) is 11.7. The first-order valence-corrected chi connectivity index (χ1v) is 6.35. The van der Waals surface area contributed by atoms with Crippen LogP contribution in [-0.4, -0.2) is 41.9 Å².